The fourth-order valence-electron chi connectivity index (χ4n) is 2.36. The average molecular weight is 218 g/mol. The molecule has 0 fully saturated rings. The van der Waals surface area contributed by atoms with Gasteiger partial charge in [-0.3, -0.25) is 4.90 Å². The van der Waals surface area contributed by atoms with Crippen LogP contribution in [0.5, 0.6) is 0 Å². The molecule has 0 bridgehead atoms. The van der Waals surface area contributed by atoms with Crippen LogP contribution in [0.3, 0.4) is 0 Å². The number of hydrogen-bond acceptors (Lipinski definition) is 2. The summed E-state index contributed by atoms with van der Waals surface area (Å²) in [5.74, 6) is 0. The highest BCUT2D eigenvalue weighted by Gasteiger charge is 2.14. The van der Waals surface area contributed by atoms with Crippen molar-refractivity contribution in [3.8, 4) is 0 Å². The van der Waals surface area contributed by atoms with Crippen molar-refractivity contribution in [2.24, 2.45) is 0 Å². The summed E-state index contributed by atoms with van der Waals surface area (Å²) >= 11 is 0. The number of hydrogen-bond donors (Lipinski definition) is 0. The lowest BCUT2D eigenvalue weighted by atomic mass is 10.00. The molecule has 0 amide bonds. The molecule has 0 unspecified atom stereocenters. The maximum atomic E-state index is 2.58. The Labute approximate surface area is 98.9 Å². The van der Waals surface area contributed by atoms with Crippen LogP contribution in [0.15, 0.2) is 24.3 Å². The van der Waals surface area contributed by atoms with Crippen LogP contribution in [-0.4, -0.2) is 43.5 Å². The first-order chi connectivity index (χ1) is 7.75. The Bertz CT molecular complexity index is 333. The lowest BCUT2D eigenvalue weighted by molar-refractivity contribution is 0.238. The van der Waals surface area contributed by atoms with Gasteiger partial charge in [0.15, 0.2) is 0 Å². The summed E-state index contributed by atoms with van der Waals surface area (Å²) in [4.78, 5) is 4.84. The summed E-state index contributed by atoms with van der Waals surface area (Å²) in [5, 5.41) is 0. The zero-order valence-electron chi connectivity index (χ0n) is 10.4. The summed E-state index contributed by atoms with van der Waals surface area (Å²) in [7, 11) is 4.29. The van der Waals surface area contributed by atoms with Crippen molar-refractivity contribution in [1.82, 2.24) is 9.80 Å². The quantitative estimate of drug-likeness (QED) is 0.762. The van der Waals surface area contributed by atoms with Gasteiger partial charge in [-0.25, -0.2) is 0 Å². The van der Waals surface area contributed by atoms with Crippen molar-refractivity contribution in [3.05, 3.63) is 35.4 Å². The van der Waals surface area contributed by atoms with E-state index in [4.69, 9.17) is 0 Å². The highest BCUT2D eigenvalue weighted by molar-refractivity contribution is 5.28. The molecule has 16 heavy (non-hydrogen) atoms. The predicted octanol–water partition coefficient (Wildman–Crippen LogP) is 2.00. The second-order valence-electron chi connectivity index (χ2n) is 4.95. The van der Waals surface area contributed by atoms with Crippen molar-refractivity contribution < 1.29 is 0 Å². The molecule has 0 aromatic heterocycles. The Morgan fingerprint density at radius 1 is 1.19 bits per heavy atom. The molecular formula is C14H22N2. The molecule has 0 saturated heterocycles. The van der Waals surface area contributed by atoms with Gasteiger partial charge < -0.3 is 4.90 Å². The first kappa shape index (κ1) is 11.6. The van der Waals surface area contributed by atoms with Gasteiger partial charge in [-0.1, -0.05) is 24.3 Å². The van der Waals surface area contributed by atoms with Crippen molar-refractivity contribution >= 4 is 0 Å². The second-order valence-corrected chi connectivity index (χ2v) is 4.95. The Morgan fingerprint density at radius 2 is 1.94 bits per heavy atom. The zero-order valence-corrected chi connectivity index (χ0v) is 10.4. The smallest absolute Gasteiger partial charge is 0.0236 e. The molecule has 0 spiro atoms. The van der Waals surface area contributed by atoms with Gasteiger partial charge in [-0.2, -0.15) is 0 Å². The third-order valence-corrected chi connectivity index (χ3v) is 3.29. The molecule has 1 aromatic rings. The van der Waals surface area contributed by atoms with E-state index >= 15 is 0 Å². The molecule has 1 aliphatic rings. The van der Waals surface area contributed by atoms with Crippen LogP contribution in [0.4, 0.5) is 0 Å². The fraction of sp³-hybridized carbons (Fsp3) is 0.571. The third-order valence-electron chi connectivity index (χ3n) is 3.29. The van der Waals surface area contributed by atoms with Crippen LogP contribution >= 0.6 is 0 Å². The molecule has 1 heterocycles. The molecule has 0 aliphatic carbocycles. The normalized spacial score (nSPS) is 16.4. The third kappa shape index (κ3) is 3.06. The van der Waals surface area contributed by atoms with Crippen molar-refractivity contribution in [2.75, 3.05) is 33.7 Å². The van der Waals surface area contributed by atoms with Gasteiger partial charge in [0.25, 0.3) is 0 Å². The Morgan fingerprint density at radius 3 is 2.69 bits per heavy atom. The lowest BCUT2D eigenvalue weighted by Gasteiger charge is -2.29. The van der Waals surface area contributed by atoms with Gasteiger partial charge in [0.05, 0.1) is 0 Å². The van der Waals surface area contributed by atoms with E-state index in [2.05, 4.69) is 48.2 Å². The van der Waals surface area contributed by atoms with E-state index in [9.17, 15) is 0 Å². The monoisotopic (exact) mass is 218 g/mol. The standard InChI is InChI=1S/C14H22N2/c1-15(2)9-5-10-16-11-8-13-6-3-4-7-14(13)12-16/h3-4,6-7H,5,8-12H2,1-2H3. The minimum absolute atomic E-state index is 1.14. The molecule has 0 N–H and O–H groups in total. The summed E-state index contributed by atoms with van der Waals surface area (Å²) in [6.07, 6.45) is 2.49. The Kier molecular flexibility index (Phi) is 3.97. The SMILES string of the molecule is CN(C)CCCN1CCc2ccccc2C1. The fourth-order valence-corrected chi connectivity index (χ4v) is 2.36. The summed E-state index contributed by atoms with van der Waals surface area (Å²) in [5.41, 5.74) is 3.07. The van der Waals surface area contributed by atoms with Crippen molar-refractivity contribution in [1.29, 1.82) is 0 Å². The van der Waals surface area contributed by atoms with Gasteiger partial charge in [0.2, 0.25) is 0 Å². The highest BCUT2D eigenvalue weighted by atomic mass is 15.1. The Hall–Kier alpha value is -0.860. The maximum Gasteiger partial charge on any atom is 0.0236 e. The van der Waals surface area contributed by atoms with E-state index in [0.717, 1.165) is 6.54 Å². The number of nitrogens with zero attached hydrogens (tertiary/aromatic N) is 2. The average Bonchev–Trinajstić information content (AvgIpc) is 2.28. The first-order valence-electron chi connectivity index (χ1n) is 6.19. The second kappa shape index (κ2) is 5.46. The van der Waals surface area contributed by atoms with Crippen LogP contribution in [0, 0.1) is 0 Å². The molecule has 2 heteroatoms. The lowest BCUT2D eigenvalue weighted by Crippen LogP contribution is -2.32. The molecule has 1 aliphatic heterocycles. The van der Waals surface area contributed by atoms with Gasteiger partial charge in [0, 0.05) is 13.1 Å². The van der Waals surface area contributed by atoms with Crippen LogP contribution in [-0.2, 0) is 13.0 Å². The van der Waals surface area contributed by atoms with Gasteiger partial charge >= 0.3 is 0 Å². The summed E-state index contributed by atoms with van der Waals surface area (Å²) in [6, 6.07) is 8.85. The largest absolute Gasteiger partial charge is 0.309 e. The molecule has 0 radical (unpaired) electrons. The molecule has 0 saturated carbocycles. The van der Waals surface area contributed by atoms with Crippen molar-refractivity contribution in [2.45, 2.75) is 19.4 Å². The van der Waals surface area contributed by atoms with Gasteiger partial charge in [0.1, 0.15) is 0 Å². The van der Waals surface area contributed by atoms with Crippen molar-refractivity contribution in [3.63, 3.8) is 0 Å². The summed E-state index contributed by atoms with van der Waals surface area (Å²) < 4.78 is 0. The number of benzene rings is 1. The van der Waals surface area contributed by atoms with E-state index < -0.39 is 0 Å². The molecule has 1 aromatic carbocycles. The van der Waals surface area contributed by atoms with Crippen LogP contribution < -0.4 is 0 Å². The molecular weight excluding hydrogens is 196 g/mol. The topological polar surface area (TPSA) is 6.48 Å². The zero-order chi connectivity index (χ0) is 11.4. The van der Waals surface area contributed by atoms with Crippen LogP contribution in [0.25, 0.3) is 0 Å². The molecule has 2 rings (SSSR count). The van der Waals surface area contributed by atoms with E-state index in [-0.39, 0.29) is 0 Å². The minimum Gasteiger partial charge on any atom is -0.309 e. The summed E-state index contributed by atoms with van der Waals surface area (Å²) in [6.45, 7) is 4.79. The first-order valence-corrected chi connectivity index (χ1v) is 6.19. The minimum atomic E-state index is 1.14. The van der Waals surface area contributed by atoms with E-state index in [1.54, 1.807) is 5.56 Å². The highest BCUT2D eigenvalue weighted by Crippen LogP contribution is 2.18. The van der Waals surface area contributed by atoms with E-state index in [1.807, 2.05) is 0 Å². The number of fused-ring (bicyclic) bond motifs is 1. The molecule has 2 nitrogen and oxygen atoms in total. The number of rotatable bonds is 4. The molecule has 0 atom stereocenters. The van der Waals surface area contributed by atoms with Crippen LogP contribution in [0.2, 0.25) is 0 Å². The van der Waals surface area contributed by atoms with Gasteiger partial charge in [-0.15, -0.1) is 0 Å². The predicted molar refractivity (Wildman–Crippen MR) is 68.6 cm³/mol. The van der Waals surface area contributed by atoms with E-state index in [1.165, 1.54) is 38.0 Å². The maximum absolute atomic E-state index is 2.58. The van der Waals surface area contributed by atoms with E-state index in [0.29, 0.717) is 0 Å². The van der Waals surface area contributed by atoms with Gasteiger partial charge in [-0.05, 0) is 51.2 Å². The molecule has 88 valence electrons. The van der Waals surface area contributed by atoms with Crippen LogP contribution in [0.1, 0.15) is 17.5 Å². The Balaban J connectivity index is 1.83.